The van der Waals surface area contributed by atoms with Gasteiger partial charge in [-0.2, -0.15) is 0 Å². The summed E-state index contributed by atoms with van der Waals surface area (Å²) in [6.07, 6.45) is 1.15. The molecule has 1 aromatic heterocycles. The molecule has 0 saturated heterocycles. The van der Waals surface area contributed by atoms with Crippen molar-refractivity contribution in [3.63, 3.8) is 0 Å². The molecule has 0 unspecified atom stereocenters. The Bertz CT molecular complexity index is 2080. The number of rotatable bonds is 8. The average Bonchev–Trinajstić information content (AvgIpc) is 3.30. The molecule has 3 aromatic carbocycles. The predicted molar refractivity (Wildman–Crippen MR) is 164 cm³/mol. The number of aromatic hydroxyl groups is 1. The summed E-state index contributed by atoms with van der Waals surface area (Å²) in [5.74, 6) is -0.695. The van der Waals surface area contributed by atoms with Gasteiger partial charge in [-0.15, -0.1) is 0 Å². The molecule has 0 saturated carbocycles. The van der Waals surface area contributed by atoms with Crippen LogP contribution in [0.25, 0.3) is 16.8 Å². The molecule has 13 nitrogen and oxygen atoms in total. The number of nitro groups is 2. The highest BCUT2D eigenvalue weighted by Crippen LogP contribution is 2.41. The molecular weight excluding hydrogens is 590 g/mol. The van der Waals surface area contributed by atoms with Gasteiger partial charge in [0, 0.05) is 30.3 Å². The van der Waals surface area contributed by atoms with E-state index in [2.05, 4.69) is 4.99 Å². The number of aromatic nitrogens is 1. The summed E-state index contributed by atoms with van der Waals surface area (Å²) in [5, 5.41) is 35.2. The van der Waals surface area contributed by atoms with Crippen molar-refractivity contribution in [1.29, 1.82) is 0 Å². The number of amides is 1. The summed E-state index contributed by atoms with van der Waals surface area (Å²) in [5.41, 5.74) is -1.17. The van der Waals surface area contributed by atoms with Crippen LogP contribution in [0.15, 0.2) is 69.6 Å². The predicted octanol–water partition coefficient (Wildman–Crippen LogP) is 3.79. The molecule has 0 radical (unpaired) electrons. The zero-order chi connectivity index (χ0) is 31.9. The van der Waals surface area contributed by atoms with Crippen LogP contribution in [0.4, 0.5) is 11.4 Å². The fourth-order valence-electron chi connectivity index (χ4n) is 5.41. The molecule has 0 aliphatic carbocycles. The summed E-state index contributed by atoms with van der Waals surface area (Å²) in [4.78, 5) is 56.0. The summed E-state index contributed by atoms with van der Waals surface area (Å²) >= 11 is 0.926. The smallest absolute Gasteiger partial charge is 0.318 e. The van der Waals surface area contributed by atoms with Crippen LogP contribution in [-0.2, 0) is 4.79 Å². The van der Waals surface area contributed by atoms with E-state index in [1.165, 1.54) is 11.7 Å². The number of phenolic OH excluding ortho intramolecular Hbond substituents is 1. The third-order valence-electron chi connectivity index (χ3n) is 7.52. The van der Waals surface area contributed by atoms with Crippen molar-refractivity contribution in [2.24, 2.45) is 4.99 Å². The normalized spacial score (nSPS) is 14.7. The summed E-state index contributed by atoms with van der Waals surface area (Å²) in [6, 6.07) is 11.8. The molecular formula is C30H27N5O8S. The van der Waals surface area contributed by atoms with Gasteiger partial charge in [-0.05, 0) is 43.7 Å². The van der Waals surface area contributed by atoms with E-state index in [1.807, 2.05) is 44.2 Å². The Morgan fingerprint density at radius 3 is 2.48 bits per heavy atom. The highest BCUT2D eigenvalue weighted by atomic mass is 32.1. The van der Waals surface area contributed by atoms with Crippen molar-refractivity contribution in [2.75, 3.05) is 20.2 Å². The van der Waals surface area contributed by atoms with E-state index >= 15 is 0 Å². The number of non-ortho nitro benzene ring substituents is 1. The van der Waals surface area contributed by atoms with E-state index < -0.39 is 38.6 Å². The van der Waals surface area contributed by atoms with E-state index in [0.717, 1.165) is 34.3 Å². The minimum absolute atomic E-state index is 0.0117. The van der Waals surface area contributed by atoms with E-state index in [4.69, 9.17) is 4.74 Å². The molecule has 1 aliphatic heterocycles. The average molecular weight is 618 g/mol. The number of nitrogens with zero attached hydrogens (tertiary/aromatic N) is 5. The Kier molecular flexibility index (Phi) is 8.02. The number of hydrogen-bond donors (Lipinski definition) is 1. The lowest BCUT2D eigenvalue weighted by molar-refractivity contribution is -0.394. The SMILES string of the molecule is CCN(CC)C(=O)C1=C(C)N=c2s/c(=C/c3cc([N+](=O)[O-])cc([N+](=O)[O-])c3O)c(=O)n2[C@@H]1c1c(OC)ccc2ccccc12. The maximum absolute atomic E-state index is 14.2. The standard InChI is InChI=1S/C30H27N5O8S/c1-5-32(6-2)29(38)24-16(3)31-30-33(26(24)25-20-10-8-7-9-17(20)11-12-22(25)43-4)28(37)23(44-30)14-18-13-19(34(39)40)15-21(27(18)36)35(41)42/h7-15,26,36H,5-6H2,1-4H3/b23-14+/t26-/m0/s1. The molecule has 5 rings (SSSR count). The maximum Gasteiger partial charge on any atom is 0.318 e. The van der Waals surface area contributed by atoms with Crippen LogP contribution < -0.4 is 19.6 Å². The highest BCUT2D eigenvalue weighted by molar-refractivity contribution is 7.07. The first-order valence-electron chi connectivity index (χ1n) is 13.6. The van der Waals surface area contributed by atoms with Crippen molar-refractivity contribution in [3.8, 4) is 11.5 Å². The van der Waals surface area contributed by atoms with Crippen molar-refractivity contribution in [3.05, 3.63) is 111 Å². The van der Waals surface area contributed by atoms with Gasteiger partial charge in [0.25, 0.3) is 17.2 Å². The lowest BCUT2D eigenvalue weighted by Crippen LogP contribution is -2.43. The Balaban J connectivity index is 1.87. The first kappa shape index (κ1) is 30.1. The summed E-state index contributed by atoms with van der Waals surface area (Å²) < 4.78 is 7.13. The molecule has 2 heterocycles. The largest absolute Gasteiger partial charge is 0.502 e. The molecule has 1 N–H and O–H groups in total. The Hall–Kier alpha value is -5.37. The number of ether oxygens (including phenoxy) is 1. The number of hydrogen-bond acceptors (Lipinski definition) is 10. The maximum atomic E-state index is 14.2. The van der Waals surface area contributed by atoms with E-state index in [0.29, 0.717) is 36.2 Å². The van der Waals surface area contributed by atoms with Gasteiger partial charge in [0.2, 0.25) is 5.75 Å². The van der Waals surface area contributed by atoms with Crippen LogP contribution >= 0.6 is 11.3 Å². The third-order valence-corrected chi connectivity index (χ3v) is 8.51. The lowest BCUT2D eigenvalue weighted by atomic mass is 9.90. The lowest BCUT2D eigenvalue weighted by Gasteiger charge is -2.30. The summed E-state index contributed by atoms with van der Waals surface area (Å²) in [7, 11) is 1.50. The zero-order valence-electron chi connectivity index (χ0n) is 24.1. The number of thiazole rings is 1. The fourth-order valence-corrected chi connectivity index (χ4v) is 6.44. The Labute approximate surface area is 253 Å². The quantitative estimate of drug-likeness (QED) is 0.230. The fraction of sp³-hybridized carbons (Fsp3) is 0.233. The Morgan fingerprint density at radius 1 is 1.14 bits per heavy atom. The van der Waals surface area contributed by atoms with Crippen molar-refractivity contribution in [2.45, 2.75) is 26.8 Å². The third kappa shape index (κ3) is 4.98. The van der Waals surface area contributed by atoms with Crippen LogP contribution in [0.1, 0.15) is 37.9 Å². The molecule has 1 atom stereocenters. The van der Waals surface area contributed by atoms with Gasteiger partial charge < -0.3 is 14.7 Å². The molecule has 0 spiro atoms. The van der Waals surface area contributed by atoms with Crippen LogP contribution in [0.2, 0.25) is 0 Å². The van der Waals surface area contributed by atoms with Gasteiger partial charge in [-0.25, -0.2) is 4.99 Å². The second-order valence-electron chi connectivity index (χ2n) is 9.88. The second kappa shape index (κ2) is 11.7. The molecule has 4 aromatic rings. The number of carbonyl (C=O) groups is 1. The number of methoxy groups -OCH3 is 1. The van der Waals surface area contributed by atoms with Gasteiger partial charge in [-0.3, -0.25) is 34.4 Å². The number of benzene rings is 3. The first-order chi connectivity index (χ1) is 21.0. The van der Waals surface area contributed by atoms with Crippen LogP contribution in [0.3, 0.4) is 0 Å². The van der Waals surface area contributed by atoms with Gasteiger partial charge in [0.15, 0.2) is 4.80 Å². The zero-order valence-corrected chi connectivity index (χ0v) is 25.0. The van der Waals surface area contributed by atoms with Crippen LogP contribution in [0, 0.1) is 20.2 Å². The number of phenols is 1. The van der Waals surface area contributed by atoms with E-state index in [9.17, 15) is 34.9 Å². The van der Waals surface area contributed by atoms with Gasteiger partial charge in [0.1, 0.15) is 11.8 Å². The molecule has 0 bridgehead atoms. The van der Waals surface area contributed by atoms with E-state index in [-0.39, 0.29) is 26.4 Å². The molecule has 1 amide bonds. The monoisotopic (exact) mass is 617 g/mol. The first-order valence-corrected chi connectivity index (χ1v) is 14.4. The molecule has 44 heavy (non-hydrogen) atoms. The topological polar surface area (TPSA) is 170 Å². The van der Waals surface area contributed by atoms with Gasteiger partial charge in [0.05, 0.1) is 38.8 Å². The molecule has 226 valence electrons. The number of nitro benzene ring substituents is 2. The Morgan fingerprint density at radius 2 is 1.84 bits per heavy atom. The van der Waals surface area contributed by atoms with Crippen LogP contribution in [-0.4, -0.2) is 50.5 Å². The van der Waals surface area contributed by atoms with Crippen molar-refractivity contribution in [1.82, 2.24) is 9.47 Å². The molecule has 0 fully saturated rings. The minimum Gasteiger partial charge on any atom is -0.502 e. The van der Waals surface area contributed by atoms with E-state index in [1.54, 1.807) is 17.9 Å². The number of fused-ring (bicyclic) bond motifs is 2. The molecule has 14 heteroatoms. The van der Waals surface area contributed by atoms with Crippen molar-refractivity contribution < 1.29 is 24.5 Å². The highest BCUT2D eigenvalue weighted by Gasteiger charge is 2.37. The van der Waals surface area contributed by atoms with Gasteiger partial charge >= 0.3 is 5.69 Å². The minimum atomic E-state index is -0.976. The molecule has 1 aliphatic rings. The van der Waals surface area contributed by atoms with Crippen molar-refractivity contribution >= 4 is 45.5 Å². The second-order valence-corrected chi connectivity index (χ2v) is 10.9. The summed E-state index contributed by atoms with van der Waals surface area (Å²) in [6.45, 7) is 6.23. The number of likely N-dealkylation sites (N-methyl/N-ethyl adjacent to an activating group) is 1. The number of carbonyl (C=O) groups excluding carboxylic acids is 1. The number of allylic oxidation sites excluding steroid dienone is 1. The van der Waals surface area contributed by atoms with Crippen LogP contribution in [0.5, 0.6) is 11.5 Å². The van der Waals surface area contributed by atoms with Gasteiger partial charge in [-0.1, -0.05) is 41.7 Å².